The van der Waals surface area contributed by atoms with Crippen LogP contribution in [-0.2, 0) is 21.6 Å². The molecular formula is C9H11ClO5S. The van der Waals surface area contributed by atoms with Crippen molar-refractivity contribution < 1.29 is 22.7 Å². The predicted molar refractivity (Wildman–Crippen MR) is 59.0 cm³/mol. The molecule has 0 heterocycles. The summed E-state index contributed by atoms with van der Waals surface area (Å²) in [5.74, 6) is -0.0544. The Hall–Kier alpha value is -0.820. The standard InChI is InChI=1S/C9H11ClO5S/c10-5-6-16(12,13)15-9-3-1-8(2-4-9)7-14-11/h1-4,11H,5-7H2. The molecule has 0 unspecified atom stereocenters. The Balaban J connectivity index is 2.68. The number of hydrogen-bond donors (Lipinski definition) is 1. The predicted octanol–water partition coefficient (Wildman–Crippen LogP) is 1.62. The lowest BCUT2D eigenvalue weighted by Gasteiger charge is -2.05. The fraction of sp³-hybridized carbons (Fsp3) is 0.333. The van der Waals surface area contributed by atoms with E-state index in [9.17, 15) is 8.42 Å². The molecule has 5 nitrogen and oxygen atoms in total. The second kappa shape index (κ2) is 6.05. The van der Waals surface area contributed by atoms with Crippen molar-refractivity contribution in [2.75, 3.05) is 11.6 Å². The smallest absolute Gasteiger partial charge is 0.310 e. The Bertz CT molecular complexity index is 414. The SMILES string of the molecule is O=S(=O)(CCCl)Oc1ccc(COO)cc1. The van der Waals surface area contributed by atoms with Gasteiger partial charge in [0.1, 0.15) is 12.4 Å². The van der Waals surface area contributed by atoms with Gasteiger partial charge in [0, 0.05) is 5.88 Å². The third kappa shape index (κ3) is 4.36. The van der Waals surface area contributed by atoms with Crippen molar-refractivity contribution in [2.45, 2.75) is 6.61 Å². The van der Waals surface area contributed by atoms with Crippen LogP contribution in [0, 0.1) is 0 Å². The van der Waals surface area contributed by atoms with Crippen LogP contribution in [0.25, 0.3) is 0 Å². The van der Waals surface area contributed by atoms with Gasteiger partial charge in [-0.15, -0.1) is 11.6 Å². The highest BCUT2D eigenvalue weighted by molar-refractivity contribution is 7.87. The summed E-state index contributed by atoms with van der Waals surface area (Å²) in [5.41, 5.74) is 0.699. The molecule has 1 aromatic carbocycles. The Morgan fingerprint density at radius 1 is 1.25 bits per heavy atom. The largest absolute Gasteiger partial charge is 0.382 e. The van der Waals surface area contributed by atoms with Crippen LogP contribution in [-0.4, -0.2) is 25.3 Å². The zero-order valence-electron chi connectivity index (χ0n) is 8.30. The number of halogens is 1. The van der Waals surface area contributed by atoms with E-state index in [1.54, 1.807) is 12.1 Å². The lowest BCUT2D eigenvalue weighted by molar-refractivity contribution is -0.253. The zero-order chi connectivity index (χ0) is 12.0. The van der Waals surface area contributed by atoms with E-state index in [1.165, 1.54) is 12.1 Å². The van der Waals surface area contributed by atoms with Gasteiger partial charge in [0.15, 0.2) is 0 Å². The Morgan fingerprint density at radius 2 is 1.88 bits per heavy atom. The van der Waals surface area contributed by atoms with Crippen molar-refractivity contribution in [3.8, 4) is 5.75 Å². The average Bonchev–Trinajstić information content (AvgIpc) is 2.21. The number of rotatable bonds is 6. The summed E-state index contributed by atoms with van der Waals surface area (Å²) in [4.78, 5) is 3.93. The van der Waals surface area contributed by atoms with Gasteiger partial charge in [-0.05, 0) is 17.7 Å². The van der Waals surface area contributed by atoms with Crippen molar-refractivity contribution in [1.82, 2.24) is 0 Å². The van der Waals surface area contributed by atoms with Gasteiger partial charge in [0.25, 0.3) is 0 Å². The molecule has 0 aliphatic heterocycles. The number of hydrogen-bond acceptors (Lipinski definition) is 5. The minimum Gasteiger partial charge on any atom is -0.382 e. The van der Waals surface area contributed by atoms with E-state index < -0.39 is 10.1 Å². The van der Waals surface area contributed by atoms with Crippen molar-refractivity contribution in [3.05, 3.63) is 29.8 Å². The molecule has 0 atom stereocenters. The van der Waals surface area contributed by atoms with Gasteiger partial charge in [-0.3, -0.25) is 5.26 Å². The van der Waals surface area contributed by atoms with E-state index >= 15 is 0 Å². The van der Waals surface area contributed by atoms with Crippen LogP contribution >= 0.6 is 11.6 Å². The molecule has 0 aromatic heterocycles. The van der Waals surface area contributed by atoms with Gasteiger partial charge in [0.05, 0.1) is 5.75 Å². The van der Waals surface area contributed by atoms with Crippen LogP contribution in [0.2, 0.25) is 0 Å². The molecule has 1 rings (SSSR count). The first kappa shape index (κ1) is 13.2. The third-order valence-electron chi connectivity index (χ3n) is 1.70. The van der Waals surface area contributed by atoms with E-state index in [0.29, 0.717) is 5.56 Å². The molecule has 0 spiro atoms. The van der Waals surface area contributed by atoms with Crippen LogP contribution in [0.1, 0.15) is 5.56 Å². The highest BCUT2D eigenvalue weighted by atomic mass is 35.5. The van der Waals surface area contributed by atoms with Gasteiger partial charge < -0.3 is 4.18 Å². The highest BCUT2D eigenvalue weighted by Gasteiger charge is 2.11. The van der Waals surface area contributed by atoms with Crippen molar-refractivity contribution in [2.24, 2.45) is 0 Å². The normalized spacial score (nSPS) is 11.4. The first-order valence-corrected chi connectivity index (χ1v) is 6.52. The average molecular weight is 267 g/mol. The zero-order valence-corrected chi connectivity index (χ0v) is 9.87. The van der Waals surface area contributed by atoms with E-state index in [-0.39, 0.29) is 24.0 Å². The Labute approximate surface area is 98.6 Å². The number of benzene rings is 1. The lowest BCUT2D eigenvalue weighted by atomic mass is 10.2. The first-order valence-electron chi connectivity index (χ1n) is 4.41. The monoisotopic (exact) mass is 266 g/mol. The fourth-order valence-electron chi connectivity index (χ4n) is 0.999. The molecule has 0 bridgehead atoms. The van der Waals surface area contributed by atoms with E-state index in [4.69, 9.17) is 21.0 Å². The topological polar surface area (TPSA) is 72.8 Å². The van der Waals surface area contributed by atoms with E-state index in [0.717, 1.165) is 0 Å². The van der Waals surface area contributed by atoms with Gasteiger partial charge in [0.2, 0.25) is 0 Å². The fourth-order valence-corrected chi connectivity index (χ4v) is 2.24. The third-order valence-corrected chi connectivity index (χ3v) is 3.27. The maximum atomic E-state index is 11.2. The molecular weight excluding hydrogens is 256 g/mol. The molecule has 0 saturated carbocycles. The summed E-state index contributed by atoms with van der Waals surface area (Å²) in [6.45, 7) is 0.0364. The molecule has 0 fully saturated rings. The molecule has 0 saturated heterocycles. The van der Waals surface area contributed by atoms with E-state index in [2.05, 4.69) is 4.89 Å². The van der Waals surface area contributed by atoms with Crippen LogP contribution in [0.3, 0.4) is 0 Å². The molecule has 90 valence electrons. The van der Waals surface area contributed by atoms with Crippen LogP contribution < -0.4 is 4.18 Å². The Kier molecular flexibility index (Phi) is 5.01. The van der Waals surface area contributed by atoms with Crippen molar-refractivity contribution in [1.29, 1.82) is 0 Å². The summed E-state index contributed by atoms with van der Waals surface area (Å²) in [5, 5.41) is 8.20. The van der Waals surface area contributed by atoms with Crippen LogP contribution in [0.15, 0.2) is 24.3 Å². The quantitative estimate of drug-likeness (QED) is 0.367. The summed E-state index contributed by atoms with van der Waals surface area (Å²) in [6, 6.07) is 6.11. The number of alkyl halides is 1. The van der Waals surface area contributed by atoms with Gasteiger partial charge in [-0.1, -0.05) is 12.1 Å². The maximum Gasteiger partial charge on any atom is 0.310 e. The molecule has 7 heteroatoms. The Morgan fingerprint density at radius 3 is 2.38 bits per heavy atom. The van der Waals surface area contributed by atoms with Gasteiger partial charge in [-0.2, -0.15) is 8.42 Å². The molecule has 1 N–H and O–H groups in total. The minimum atomic E-state index is -3.62. The maximum absolute atomic E-state index is 11.2. The van der Waals surface area contributed by atoms with Crippen molar-refractivity contribution in [3.63, 3.8) is 0 Å². The summed E-state index contributed by atoms with van der Waals surface area (Å²) >= 11 is 5.32. The second-order valence-electron chi connectivity index (χ2n) is 2.95. The second-order valence-corrected chi connectivity index (χ2v) is 5.02. The summed E-state index contributed by atoms with van der Waals surface area (Å²) in [7, 11) is -3.62. The van der Waals surface area contributed by atoms with Crippen molar-refractivity contribution >= 4 is 21.7 Å². The first-order chi connectivity index (χ1) is 7.57. The van der Waals surface area contributed by atoms with Crippen LogP contribution in [0.5, 0.6) is 5.75 Å². The van der Waals surface area contributed by atoms with Gasteiger partial charge >= 0.3 is 10.1 Å². The van der Waals surface area contributed by atoms with Crippen LogP contribution in [0.4, 0.5) is 0 Å². The highest BCUT2D eigenvalue weighted by Crippen LogP contribution is 2.15. The van der Waals surface area contributed by atoms with E-state index in [1.807, 2.05) is 0 Å². The molecule has 0 aliphatic carbocycles. The molecule has 0 amide bonds. The minimum absolute atomic E-state index is 0.0151. The molecule has 0 radical (unpaired) electrons. The molecule has 0 aliphatic rings. The molecule has 1 aromatic rings. The summed E-state index contributed by atoms with van der Waals surface area (Å²) in [6.07, 6.45) is 0. The lowest BCUT2D eigenvalue weighted by Crippen LogP contribution is -2.14. The van der Waals surface area contributed by atoms with Gasteiger partial charge in [-0.25, -0.2) is 4.89 Å². The molecule has 16 heavy (non-hydrogen) atoms. The summed E-state index contributed by atoms with van der Waals surface area (Å²) < 4.78 is 27.2.